The Kier molecular flexibility index (Phi) is 2.83. The van der Waals surface area contributed by atoms with E-state index in [-0.39, 0.29) is 6.10 Å². The first-order valence-electron chi connectivity index (χ1n) is 4.23. The zero-order valence-electron chi connectivity index (χ0n) is 7.15. The van der Waals surface area contributed by atoms with Crippen LogP contribution in [0.25, 0.3) is 0 Å². The fraction of sp³-hybridized carbons (Fsp3) is 0.625. The second kappa shape index (κ2) is 4.09. The fourth-order valence-corrected chi connectivity index (χ4v) is 1.45. The molecule has 1 fully saturated rings. The molecular formula is C8H11ClN2O2. The molecule has 0 bridgehead atoms. The lowest BCUT2D eigenvalue weighted by Crippen LogP contribution is -2.28. The maximum Gasteiger partial charge on any atom is 0.151 e. The van der Waals surface area contributed by atoms with Gasteiger partial charge in [0.05, 0.1) is 19.3 Å². The summed E-state index contributed by atoms with van der Waals surface area (Å²) in [6.45, 7) is 1.90. The van der Waals surface area contributed by atoms with Gasteiger partial charge in [0.25, 0.3) is 0 Å². The largest absolute Gasteiger partial charge is 0.355 e. The van der Waals surface area contributed by atoms with Crippen LogP contribution < -0.4 is 0 Å². The second-order valence-electron chi connectivity index (χ2n) is 2.96. The van der Waals surface area contributed by atoms with Crippen LogP contribution in [-0.4, -0.2) is 29.3 Å². The van der Waals surface area contributed by atoms with Crippen molar-refractivity contribution in [1.82, 2.24) is 9.78 Å². The molecule has 1 aliphatic rings. The van der Waals surface area contributed by atoms with Crippen molar-refractivity contribution < 1.29 is 9.47 Å². The molecule has 72 valence electrons. The van der Waals surface area contributed by atoms with Gasteiger partial charge in [-0.1, -0.05) is 11.6 Å². The molecule has 2 heterocycles. The highest BCUT2D eigenvalue weighted by Crippen LogP contribution is 2.09. The summed E-state index contributed by atoms with van der Waals surface area (Å²) in [4.78, 5) is 0. The minimum atomic E-state index is 0.199. The van der Waals surface area contributed by atoms with E-state index in [1.165, 1.54) is 0 Å². The summed E-state index contributed by atoms with van der Waals surface area (Å²) >= 11 is 5.68. The first-order valence-corrected chi connectivity index (χ1v) is 4.61. The smallest absolute Gasteiger partial charge is 0.151 e. The molecule has 0 N–H and O–H groups in total. The van der Waals surface area contributed by atoms with Gasteiger partial charge in [0.2, 0.25) is 0 Å². The summed E-state index contributed by atoms with van der Waals surface area (Å²) in [6.07, 6.45) is 2.96. The highest BCUT2D eigenvalue weighted by atomic mass is 35.5. The van der Waals surface area contributed by atoms with Gasteiger partial charge in [-0.3, -0.25) is 4.68 Å². The van der Waals surface area contributed by atoms with Crippen LogP contribution in [0.4, 0.5) is 0 Å². The minimum absolute atomic E-state index is 0.199. The van der Waals surface area contributed by atoms with E-state index in [1.54, 1.807) is 10.7 Å². The van der Waals surface area contributed by atoms with Gasteiger partial charge in [0, 0.05) is 6.20 Å². The normalized spacial score (nSPS) is 23.3. The Bertz CT molecular complexity index is 271. The molecule has 1 atom stereocenters. The van der Waals surface area contributed by atoms with E-state index in [4.69, 9.17) is 21.1 Å². The molecule has 1 unspecified atom stereocenters. The van der Waals surface area contributed by atoms with Gasteiger partial charge in [-0.05, 0) is 12.5 Å². The van der Waals surface area contributed by atoms with Crippen molar-refractivity contribution in [1.29, 1.82) is 0 Å². The predicted octanol–water partition coefficient (Wildman–Crippen LogP) is 1.30. The molecule has 1 aromatic rings. The Morgan fingerprint density at radius 1 is 1.69 bits per heavy atom. The van der Waals surface area contributed by atoms with Crippen molar-refractivity contribution in [2.24, 2.45) is 0 Å². The van der Waals surface area contributed by atoms with Crippen molar-refractivity contribution in [3.63, 3.8) is 0 Å². The van der Waals surface area contributed by atoms with E-state index in [9.17, 15) is 0 Å². The van der Waals surface area contributed by atoms with Crippen molar-refractivity contribution in [2.75, 3.05) is 13.4 Å². The highest BCUT2D eigenvalue weighted by molar-refractivity contribution is 6.29. The van der Waals surface area contributed by atoms with Crippen LogP contribution in [0.1, 0.15) is 6.42 Å². The molecule has 0 amide bonds. The van der Waals surface area contributed by atoms with Crippen LogP contribution in [0.5, 0.6) is 0 Å². The van der Waals surface area contributed by atoms with Crippen molar-refractivity contribution in [3.05, 3.63) is 17.4 Å². The van der Waals surface area contributed by atoms with Crippen LogP contribution in [0, 0.1) is 0 Å². The maximum absolute atomic E-state index is 5.68. The molecule has 4 nitrogen and oxygen atoms in total. The van der Waals surface area contributed by atoms with Gasteiger partial charge < -0.3 is 9.47 Å². The van der Waals surface area contributed by atoms with Crippen molar-refractivity contribution >= 4 is 11.6 Å². The Hall–Kier alpha value is -0.580. The predicted molar refractivity (Wildman–Crippen MR) is 47.5 cm³/mol. The lowest BCUT2D eigenvalue weighted by molar-refractivity contribution is -0.143. The monoisotopic (exact) mass is 202 g/mol. The average Bonchev–Trinajstić information content (AvgIpc) is 2.53. The number of ether oxygens (including phenoxy) is 2. The molecule has 1 aromatic heterocycles. The Balaban J connectivity index is 1.89. The number of hydrogen-bond acceptors (Lipinski definition) is 3. The maximum atomic E-state index is 5.68. The zero-order chi connectivity index (χ0) is 9.10. The molecule has 5 heteroatoms. The Morgan fingerprint density at radius 2 is 2.62 bits per heavy atom. The molecule has 1 saturated heterocycles. The van der Waals surface area contributed by atoms with E-state index in [0.717, 1.165) is 19.6 Å². The average molecular weight is 203 g/mol. The van der Waals surface area contributed by atoms with Crippen LogP contribution in [0.15, 0.2) is 12.3 Å². The molecule has 2 rings (SSSR count). The van der Waals surface area contributed by atoms with Gasteiger partial charge in [0.15, 0.2) is 5.15 Å². The molecule has 13 heavy (non-hydrogen) atoms. The molecule has 0 aliphatic carbocycles. The summed E-state index contributed by atoms with van der Waals surface area (Å²) < 4.78 is 12.2. The van der Waals surface area contributed by atoms with Gasteiger partial charge in [-0.25, -0.2) is 0 Å². The zero-order valence-corrected chi connectivity index (χ0v) is 7.91. The number of rotatable bonds is 2. The molecule has 0 spiro atoms. The van der Waals surface area contributed by atoms with Crippen molar-refractivity contribution in [2.45, 2.75) is 19.1 Å². The van der Waals surface area contributed by atoms with Crippen LogP contribution in [0.2, 0.25) is 5.15 Å². The molecule has 1 aliphatic heterocycles. The molecule has 0 saturated carbocycles. The van der Waals surface area contributed by atoms with Crippen LogP contribution in [-0.2, 0) is 16.0 Å². The summed E-state index contributed by atoms with van der Waals surface area (Å²) in [7, 11) is 0. The lowest BCUT2D eigenvalue weighted by Gasteiger charge is -2.22. The van der Waals surface area contributed by atoms with E-state index in [2.05, 4.69) is 5.10 Å². The third kappa shape index (κ3) is 2.43. The van der Waals surface area contributed by atoms with Crippen LogP contribution >= 0.6 is 11.6 Å². The van der Waals surface area contributed by atoms with E-state index in [1.807, 2.05) is 6.20 Å². The van der Waals surface area contributed by atoms with Crippen LogP contribution in [0.3, 0.4) is 0 Å². The SMILES string of the molecule is Clc1ccn(CC2CCOCO2)n1. The van der Waals surface area contributed by atoms with E-state index < -0.39 is 0 Å². The standard InChI is InChI=1S/C8H11ClN2O2/c9-8-1-3-11(10-8)5-7-2-4-12-6-13-7/h1,3,7H,2,4-6H2. The van der Waals surface area contributed by atoms with Gasteiger partial charge in [-0.2, -0.15) is 5.10 Å². The Morgan fingerprint density at radius 3 is 3.23 bits per heavy atom. The first kappa shape index (κ1) is 8.99. The number of aromatic nitrogens is 2. The van der Waals surface area contributed by atoms with Crippen molar-refractivity contribution in [3.8, 4) is 0 Å². The number of halogens is 1. The summed E-state index contributed by atoms with van der Waals surface area (Å²) in [6, 6.07) is 1.76. The van der Waals surface area contributed by atoms with Gasteiger partial charge in [-0.15, -0.1) is 0 Å². The highest BCUT2D eigenvalue weighted by Gasteiger charge is 2.14. The summed E-state index contributed by atoms with van der Waals surface area (Å²) in [5.74, 6) is 0. The second-order valence-corrected chi connectivity index (χ2v) is 3.35. The molecular weight excluding hydrogens is 192 g/mol. The van der Waals surface area contributed by atoms with Gasteiger partial charge in [0.1, 0.15) is 6.79 Å². The minimum Gasteiger partial charge on any atom is -0.355 e. The quantitative estimate of drug-likeness (QED) is 0.726. The third-order valence-electron chi connectivity index (χ3n) is 1.97. The number of hydrogen-bond donors (Lipinski definition) is 0. The van der Waals surface area contributed by atoms with E-state index in [0.29, 0.717) is 11.9 Å². The first-order chi connectivity index (χ1) is 6.34. The summed E-state index contributed by atoms with van der Waals surface area (Å²) in [5.41, 5.74) is 0. The molecule has 0 aromatic carbocycles. The topological polar surface area (TPSA) is 36.3 Å². The Labute approximate surface area is 81.4 Å². The fourth-order valence-electron chi connectivity index (χ4n) is 1.29. The van der Waals surface area contributed by atoms with E-state index >= 15 is 0 Å². The number of nitrogens with zero attached hydrogens (tertiary/aromatic N) is 2. The lowest BCUT2D eigenvalue weighted by atomic mass is 10.2. The summed E-state index contributed by atoms with van der Waals surface area (Å²) in [5, 5.41) is 4.59. The molecule has 0 radical (unpaired) electrons. The third-order valence-corrected chi connectivity index (χ3v) is 2.17. The van der Waals surface area contributed by atoms with Gasteiger partial charge >= 0.3 is 0 Å².